The topological polar surface area (TPSA) is 41.6 Å². The van der Waals surface area contributed by atoms with E-state index in [2.05, 4.69) is 24.1 Å². The molecular weight excluding hydrogens is 264 g/mol. The van der Waals surface area contributed by atoms with E-state index in [1.165, 1.54) is 45.6 Å². The number of rotatable bonds is 9. The Bertz CT molecular complexity index is 323. The van der Waals surface area contributed by atoms with Crippen molar-refractivity contribution in [1.82, 2.24) is 10.2 Å². The molecule has 2 aliphatic rings. The smallest absolute Gasteiger partial charge is 0.322 e. The number of nitrogens with zero attached hydrogens (tertiary/aromatic N) is 1. The average Bonchev–Trinajstić information content (AvgIpc) is 3.11. The van der Waals surface area contributed by atoms with Crippen LogP contribution < -0.4 is 5.32 Å². The molecule has 0 spiro atoms. The van der Waals surface area contributed by atoms with Crippen LogP contribution in [-0.4, -0.2) is 49.2 Å². The van der Waals surface area contributed by atoms with Crippen molar-refractivity contribution >= 4 is 5.97 Å². The molecule has 0 heterocycles. The second-order valence-corrected chi connectivity index (χ2v) is 7.13. The summed E-state index contributed by atoms with van der Waals surface area (Å²) in [5.74, 6) is 0.580. The van der Waals surface area contributed by atoms with Crippen LogP contribution in [0.25, 0.3) is 0 Å². The van der Waals surface area contributed by atoms with Gasteiger partial charge in [0.1, 0.15) is 6.04 Å². The molecule has 122 valence electrons. The van der Waals surface area contributed by atoms with Gasteiger partial charge in [0.2, 0.25) is 0 Å². The Morgan fingerprint density at radius 3 is 2.43 bits per heavy atom. The Hall–Kier alpha value is -0.610. The molecule has 0 amide bonds. The number of esters is 1. The van der Waals surface area contributed by atoms with E-state index in [1.807, 2.05) is 0 Å². The first-order valence-corrected chi connectivity index (χ1v) is 8.68. The summed E-state index contributed by atoms with van der Waals surface area (Å²) in [7, 11) is 1.49. The van der Waals surface area contributed by atoms with Crippen molar-refractivity contribution in [3.8, 4) is 0 Å². The summed E-state index contributed by atoms with van der Waals surface area (Å²) in [6, 6.07) is 1.14. The molecule has 1 N–H and O–H groups in total. The SMILES string of the molecule is COC(=O)C(CCN(CC(C)C)C1CCCC1)NC1CC1. The molecule has 2 saturated carbocycles. The molecule has 0 bridgehead atoms. The number of nitrogens with one attached hydrogen (secondary N) is 1. The number of ether oxygens (including phenoxy) is 1. The number of carbonyl (C=O) groups excluding carboxylic acids is 1. The number of hydrogen-bond donors (Lipinski definition) is 1. The molecule has 0 aromatic carbocycles. The van der Waals surface area contributed by atoms with Gasteiger partial charge in [0.25, 0.3) is 0 Å². The van der Waals surface area contributed by atoms with Crippen molar-refractivity contribution in [2.75, 3.05) is 20.2 Å². The van der Waals surface area contributed by atoms with Crippen LogP contribution in [-0.2, 0) is 9.53 Å². The van der Waals surface area contributed by atoms with E-state index < -0.39 is 0 Å². The van der Waals surface area contributed by atoms with Crippen LogP contribution in [0.2, 0.25) is 0 Å². The van der Waals surface area contributed by atoms with E-state index in [0.717, 1.165) is 25.6 Å². The van der Waals surface area contributed by atoms with Crippen molar-refractivity contribution in [3.63, 3.8) is 0 Å². The molecule has 1 unspecified atom stereocenters. The van der Waals surface area contributed by atoms with Gasteiger partial charge in [-0.3, -0.25) is 4.79 Å². The third-order valence-electron chi connectivity index (χ3n) is 4.65. The number of methoxy groups -OCH3 is 1. The second kappa shape index (κ2) is 8.14. The summed E-state index contributed by atoms with van der Waals surface area (Å²) in [4.78, 5) is 14.5. The normalized spacial score (nSPS) is 21.2. The highest BCUT2D eigenvalue weighted by Gasteiger charge is 2.30. The van der Waals surface area contributed by atoms with Gasteiger partial charge in [0.05, 0.1) is 7.11 Å². The maximum absolute atomic E-state index is 11.9. The van der Waals surface area contributed by atoms with Crippen LogP contribution in [0.15, 0.2) is 0 Å². The first-order chi connectivity index (χ1) is 10.1. The lowest BCUT2D eigenvalue weighted by atomic mass is 10.1. The number of hydrogen-bond acceptors (Lipinski definition) is 4. The van der Waals surface area contributed by atoms with E-state index >= 15 is 0 Å². The third-order valence-corrected chi connectivity index (χ3v) is 4.65. The zero-order valence-corrected chi connectivity index (χ0v) is 13.9. The minimum Gasteiger partial charge on any atom is -0.468 e. The molecule has 0 aromatic rings. The van der Waals surface area contributed by atoms with Crippen molar-refractivity contribution in [1.29, 1.82) is 0 Å². The van der Waals surface area contributed by atoms with Crippen molar-refractivity contribution < 1.29 is 9.53 Å². The minimum absolute atomic E-state index is 0.0992. The average molecular weight is 296 g/mol. The molecule has 0 aliphatic heterocycles. The van der Waals surface area contributed by atoms with Crippen LogP contribution in [0, 0.1) is 5.92 Å². The molecule has 21 heavy (non-hydrogen) atoms. The predicted molar refractivity (Wildman–Crippen MR) is 85.2 cm³/mol. The quantitative estimate of drug-likeness (QED) is 0.664. The molecule has 2 fully saturated rings. The van der Waals surface area contributed by atoms with E-state index in [1.54, 1.807) is 0 Å². The first kappa shape index (κ1) is 16.8. The maximum Gasteiger partial charge on any atom is 0.322 e. The van der Waals surface area contributed by atoms with Gasteiger partial charge in [-0.1, -0.05) is 26.7 Å². The van der Waals surface area contributed by atoms with Crippen LogP contribution in [0.3, 0.4) is 0 Å². The molecule has 2 aliphatic carbocycles. The molecule has 0 saturated heterocycles. The largest absolute Gasteiger partial charge is 0.468 e. The van der Waals surface area contributed by atoms with Crippen LogP contribution in [0.1, 0.15) is 58.8 Å². The molecule has 4 nitrogen and oxygen atoms in total. The second-order valence-electron chi connectivity index (χ2n) is 7.13. The van der Waals surface area contributed by atoms with Crippen LogP contribution in [0.4, 0.5) is 0 Å². The highest BCUT2D eigenvalue weighted by Crippen LogP contribution is 2.25. The molecule has 0 radical (unpaired) electrons. The van der Waals surface area contributed by atoms with Gasteiger partial charge in [-0.2, -0.15) is 0 Å². The molecule has 0 aromatic heterocycles. The Kier molecular flexibility index (Phi) is 6.49. The summed E-state index contributed by atoms with van der Waals surface area (Å²) in [6.07, 6.45) is 8.64. The lowest BCUT2D eigenvalue weighted by Gasteiger charge is -2.31. The maximum atomic E-state index is 11.9. The Morgan fingerprint density at radius 2 is 1.90 bits per heavy atom. The minimum atomic E-state index is -0.126. The fourth-order valence-corrected chi connectivity index (χ4v) is 3.40. The molecule has 2 rings (SSSR count). The van der Waals surface area contributed by atoms with Gasteiger partial charge in [-0.15, -0.1) is 0 Å². The highest BCUT2D eigenvalue weighted by atomic mass is 16.5. The Morgan fingerprint density at radius 1 is 1.24 bits per heavy atom. The lowest BCUT2D eigenvalue weighted by molar-refractivity contribution is -0.143. The van der Waals surface area contributed by atoms with E-state index in [4.69, 9.17) is 4.74 Å². The molecular formula is C17H32N2O2. The zero-order chi connectivity index (χ0) is 15.2. The van der Waals surface area contributed by atoms with Crippen LogP contribution in [0.5, 0.6) is 0 Å². The first-order valence-electron chi connectivity index (χ1n) is 8.68. The lowest BCUT2D eigenvalue weighted by Crippen LogP contribution is -2.44. The standard InChI is InChI=1S/C17H32N2O2/c1-13(2)12-19(15-6-4-5-7-15)11-10-16(17(20)21-3)18-14-8-9-14/h13-16,18H,4-12H2,1-3H3. The zero-order valence-electron chi connectivity index (χ0n) is 13.9. The Balaban J connectivity index is 1.85. The van der Waals surface area contributed by atoms with Gasteiger partial charge >= 0.3 is 5.97 Å². The highest BCUT2D eigenvalue weighted by molar-refractivity contribution is 5.75. The van der Waals surface area contributed by atoms with E-state index in [9.17, 15) is 4.79 Å². The van der Waals surface area contributed by atoms with E-state index in [0.29, 0.717) is 12.0 Å². The molecule has 1 atom stereocenters. The summed E-state index contributed by atoms with van der Waals surface area (Å²) in [5.41, 5.74) is 0. The fraction of sp³-hybridized carbons (Fsp3) is 0.941. The van der Waals surface area contributed by atoms with Gasteiger partial charge in [0.15, 0.2) is 0 Å². The van der Waals surface area contributed by atoms with Gasteiger partial charge in [0, 0.05) is 25.2 Å². The van der Waals surface area contributed by atoms with Crippen LogP contribution >= 0.6 is 0 Å². The van der Waals surface area contributed by atoms with Crippen molar-refractivity contribution in [2.45, 2.75) is 76.9 Å². The van der Waals surface area contributed by atoms with Gasteiger partial charge < -0.3 is 15.0 Å². The van der Waals surface area contributed by atoms with Gasteiger partial charge in [-0.25, -0.2) is 0 Å². The summed E-state index contributed by atoms with van der Waals surface area (Å²) in [5, 5.41) is 3.44. The summed E-state index contributed by atoms with van der Waals surface area (Å²) < 4.78 is 4.96. The molecule has 4 heteroatoms. The fourth-order valence-electron chi connectivity index (χ4n) is 3.40. The van der Waals surface area contributed by atoms with E-state index in [-0.39, 0.29) is 12.0 Å². The number of carbonyl (C=O) groups is 1. The monoisotopic (exact) mass is 296 g/mol. The van der Waals surface area contributed by atoms with Gasteiger partial charge in [-0.05, 0) is 38.0 Å². The summed E-state index contributed by atoms with van der Waals surface area (Å²) >= 11 is 0. The Labute approximate surface area is 129 Å². The van der Waals surface area contributed by atoms with Crippen molar-refractivity contribution in [3.05, 3.63) is 0 Å². The predicted octanol–water partition coefficient (Wildman–Crippen LogP) is 2.57. The van der Waals surface area contributed by atoms with Crippen molar-refractivity contribution in [2.24, 2.45) is 5.92 Å². The third kappa shape index (κ3) is 5.59. The summed E-state index contributed by atoms with van der Waals surface area (Å²) in [6.45, 7) is 6.70.